The number of halogens is 2. The van der Waals surface area contributed by atoms with Gasteiger partial charge in [-0.2, -0.15) is 5.10 Å². The number of nitrogens with zero attached hydrogens (tertiary/aromatic N) is 3. The maximum Gasteiger partial charge on any atom is 0.271 e. The molecule has 0 saturated carbocycles. The van der Waals surface area contributed by atoms with Gasteiger partial charge in [0.05, 0.1) is 11.8 Å². The van der Waals surface area contributed by atoms with Crippen molar-refractivity contribution in [2.45, 2.75) is 24.8 Å². The van der Waals surface area contributed by atoms with E-state index in [1.807, 2.05) is 32.0 Å². The molecule has 0 fully saturated rings. The van der Waals surface area contributed by atoms with Gasteiger partial charge in [0.2, 0.25) is 0 Å². The van der Waals surface area contributed by atoms with Crippen molar-refractivity contribution in [3.05, 3.63) is 88.2 Å². The highest BCUT2D eigenvalue weighted by molar-refractivity contribution is 7.98. The Kier molecular flexibility index (Phi) is 6.66. The predicted octanol–water partition coefficient (Wildman–Crippen LogP) is 4.43. The third kappa shape index (κ3) is 5.68. The highest BCUT2D eigenvalue weighted by atomic mass is 32.2. The van der Waals surface area contributed by atoms with Crippen LogP contribution in [0.25, 0.3) is 0 Å². The largest absolute Gasteiger partial charge is 0.271 e. The Balaban J connectivity index is 1.58. The van der Waals surface area contributed by atoms with E-state index in [1.54, 1.807) is 12.1 Å². The molecule has 1 aromatic heterocycles. The highest BCUT2D eigenvalue weighted by Crippen LogP contribution is 2.20. The fourth-order valence-electron chi connectivity index (χ4n) is 2.51. The number of rotatable bonds is 6. The lowest BCUT2D eigenvalue weighted by molar-refractivity contribution is 0.0955. The Labute approximate surface area is 171 Å². The molecule has 0 atom stereocenters. The van der Waals surface area contributed by atoms with Crippen molar-refractivity contribution in [1.82, 2.24) is 15.4 Å². The second-order valence-corrected chi connectivity index (χ2v) is 7.20. The fraction of sp³-hybridized carbons (Fsp3) is 0.143. The summed E-state index contributed by atoms with van der Waals surface area (Å²) >= 11 is 1.51. The average Bonchev–Trinajstić information content (AvgIpc) is 2.68. The maximum atomic E-state index is 13.5. The Bertz CT molecular complexity index is 1010. The summed E-state index contributed by atoms with van der Waals surface area (Å²) < 4.78 is 27.1. The Hall–Kier alpha value is -3.13. The highest BCUT2D eigenvalue weighted by Gasteiger charge is 2.08. The fourth-order valence-corrected chi connectivity index (χ4v) is 3.42. The molecule has 148 valence electrons. The van der Waals surface area contributed by atoms with Gasteiger partial charge in [0.1, 0.15) is 11.6 Å². The first-order valence-electron chi connectivity index (χ1n) is 8.74. The van der Waals surface area contributed by atoms with Crippen LogP contribution >= 0.6 is 11.8 Å². The van der Waals surface area contributed by atoms with Crippen molar-refractivity contribution < 1.29 is 13.6 Å². The van der Waals surface area contributed by atoms with Gasteiger partial charge in [-0.15, -0.1) is 0 Å². The van der Waals surface area contributed by atoms with Crippen LogP contribution < -0.4 is 5.43 Å². The molecule has 1 N–H and O–H groups in total. The van der Waals surface area contributed by atoms with Crippen molar-refractivity contribution >= 4 is 23.9 Å². The van der Waals surface area contributed by atoms with Crippen LogP contribution in [0.2, 0.25) is 0 Å². The van der Waals surface area contributed by atoms with Crippen molar-refractivity contribution in [3.63, 3.8) is 0 Å². The van der Waals surface area contributed by atoms with Crippen LogP contribution in [0, 0.1) is 25.5 Å². The molecule has 8 heteroatoms. The lowest BCUT2D eigenvalue weighted by Gasteiger charge is -2.05. The van der Waals surface area contributed by atoms with Crippen LogP contribution in [-0.2, 0) is 5.75 Å². The lowest BCUT2D eigenvalue weighted by atomic mass is 10.1. The Morgan fingerprint density at radius 3 is 2.31 bits per heavy atom. The summed E-state index contributed by atoms with van der Waals surface area (Å²) in [4.78, 5) is 20.9. The Morgan fingerprint density at radius 1 is 1.07 bits per heavy atom. The monoisotopic (exact) mass is 412 g/mol. The van der Waals surface area contributed by atoms with Gasteiger partial charge in [0.15, 0.2) is 5.16 Å². The molecule has 0 aliphatic carbocycles. The van der Waals surface area contributed by atoms with E-state index in [2.05, 4.69) is 20.5 Å². The molecule has 3 rings (SSSR count). The van der Waals surface area contributed by atoms with Gasteiger partial charge in [-0.05, 0) is 49.7 Å². The number of hydrazone groups is 1. The molecular weight excluding hydrogens is 394 g/mol. The van der Waals surface area contributed by atoms with E-state index in [9.17, 15) is 13.6 Å². The number of hydrogen-bond donors (Lipinski definition) is 1. The number of carbonyl (C=O) groups is 1. The van der Waals surface area contributed by atoms with E-state index in [0.717, 1.165) is 35.3 Å². The third-order valence-corrected chi connectivity index (χ3v) is 4.82. The zero-order valence-corrected chi connectivity index (χ0v) is 16.6. The van der Waals surface area contributed by atoms with Gasteiger partial charge in [-0.3, -0.25) is 4.79 Å². The normalized spacial score (nSPS) is 11.0. The molecule has 1 amide bonds. The van der Waals surface area contributed by atoms with Crippen molar-refractivity contribution in [1.29, 1.82) is 0 Å². The second kappa shape index (κ2) is 9.38. The number of nitrogens with one attached hydrogen (secondary N) is 1. The summed E-state index contributed by atoms with van der Waals surface area (Å²) in [5, 5.41) is 4.34. The molecule has 0 aliphatic rings. The van der Waals surface area contributed by atoms with Gasteiger partial charge >= 0.3 is 0 Å². The first-order valence-corrected chi connectivity index (χ1v) is 9.72. The topological polar surface area (TPSA) is 67.2 Å². The maximum absolute atomic E-state index is 13.5. The standard InChI is InChI=1S/C21H18F2N4OS/c1-13-10-14(2)26-21(25-13)29-12-15-6-8-16(9-7-15)20(28)27-24-11-17-18(22)4-3-5-19(17)23/h3-11H,12H2,1-2H3,(H,27,28)/b24-11-. The molecule has 0 aliphatic heterocycles. The minimum absolute atomic E-state index is 0.311. The van der Waals surface area contributed by atoms with Crippen molar-refractivity contribution in [2.75, 3.05) is 0 Å². The minimum Gasteiger partial charge on any atom is -0.267 e. The number of hydrogen-bond acceptors (Lipinski definition) is 5. The average molecular weight is 412 g/mol. The number of aryl methyl sites for hydroxylation is 2. The SMILES string of the molecule is Cc1cc(C)nc(SCc2ccc(C(=O)N/N=C\c3c(F)cccc3F)cc2)n1. The van der Waals surface area contributed by atoms with Crippen molar-refractivity contribution in [3.8, 4) is 0 Å². The summed E-state index contributed by atoms with van der Waals surface area (Å²) in [6, 6.07) is 12.4. The van der Waals surface area contributed by atoms with Crippen LogP contribution in [-0.4, -0.2) is 22.1 Å². The molecule has 0 radical (unpaired) electrons. The smallest absolute Gasteiger partial charge is 0.267 e. The number of aromatic nitrogens is 2. The van der Waals surface area contributed by atoms with Crippen LogP contribution in [0.15, 0.2) is 58.8 Å². The second-order valence-electron chi connectivity index (χ2n) is 6.25. The van der Waals surface area contributed by atoms with E-state index in [-0.39, 0.29) is 5.56 Å². The van der Waals surface area contributed by atoms with E-state index in [4.69, 9.17) is 0 Å². The van der Waals surface area contributed by atoms with Crippen LogP contribution in [0.5, 0.6) is 0 Å². The summed E-state index contributed by atoms with van der Waals surface area (Å²) in [5.74, 6) is -1.32. The number of thioether (sulfide) groups is 1. The molecule has 0 unspecified atom stereocenters. The van der Waals surface area contributed by atoms with Gasteiger partial charge < -0.3 is 0 Å². The quantitative estimate of drug-likeness (QED) is 0.282. The number of benzene rings is 2. The molecule has 2 aromatic carbocycles. The Morgan fingerprint density at radius 2 is 1.69 bits per heavy atom. The van der Waals surface area contributed by atoms with Crippen LogP contribution in [0.4, 0.5) is 8.78 Å². The predicted molar refractivity (Wildman–Crippen MR) is 109 cm³/mol. The van der Waals surface area contributed by atoms with E-state index >= 15 is 0 Å². The van der Waals surface area contributed by atoms with E-state index in [0.29, 0.717) is 16.5 Å². The van der Waals surface area contributed by atoms with Gasteiger partial charge in [0, 0.05) is 22.7 Å². The van der Waals surface area contributed by atoms with E-state index < -0.39 is 17.5 Å². The van der Waals surface area contributed by atoms with Gasteiger partial charge in [-0.1, -0.05) is 30.0 Å². The molecule has 0 bridgehead atoms. The first kappa shape index (κ1) is 20.6. The molecular formula is C21H18F2N4OS. The zero-order valence-electron chi connectivity index (χ0n) is 15.8. The van der Waals surface area contributed by atoms with Gasteiger partial charge in [0.25, 0.3) is 5.91 Å². The third-order valence-electron chi connectivity index (χ3n) is 3.91. The lowest BCUT2D eigenvalue weighted by Crippen LogP contribution is -2.17. The molecule has 5 nitrogen and oxygen atoms in total. The summed E-state index contributed by atoms with van der Waals surface area (Å²) in [5.41, 5.74) is 5.18. The zero-order chi connectivity index (χ0) is 20.8. The van der Waals surface area contributed by atoms with Gasteiger partial charge in [-0.25, -0.2) is 24.2 Å². The van der Waals surface area contributed by atoms with Crippen LogP contribution in [0.3, 0.4) is 0 Å². The molecule has 3 aromatic rings. The van der Waals surface area contributed by atoms with Crippen molar-refractivity contribution in [2.24, 2.45) is 5.10 Å². The molecule has 0 saturated heterocycles. The molecule has 29 heavy (non-hydrogen) atoms. The minimum atomic E-state index is -0.752. The molecule has 1 heterocycles. The number of amides is 1. The number of carbonyl (C=O) groups excluding carboxylic acids is 1. The first-order chi connectivity index (χ1) is 13.9. The summed E-state index contributed by atoms with van der Waals surface area (Å²) in [6.07, 6.45) is 0.942. The molecule has 0 spiro atoms. The van der Waals surface area contributed by atoms with E-state index in [1.165, 1.54) is 17.8 Å². The van der Waals surface area contributed by atoms with Crippen LogP contribution in [0.1, 0.15) is 32.9 Å². The summed E-state index contributed by atoms with van der Waals surface area (Å²) in [7, 11) is 0. The summed E-state index contributed by atoms with van der Waals surface area (Å²) in [6.45, 7) is 3.85.